The minimum Gasteiger partial charge on any atom is -0.506 e. The van der Waals surface area contributed by atoms with Crippen LogP contribution >= 0.6 is 0 Å². The maximum Gasteiger partial charge on any atom is 0.227 e. The Balaban J connectivity index is 2.72. The number of aryl methyl sites for hydroxylation is 1. The quantitative estimate of drug-likeness (QED) is 0.670. The summed E-state index contributed by atoms with van der Waals surface area (Å²) < 4.78 is 0. The zero-order chi connectivity index (χ0) is 15.2. The lowest BCUT2D eigenvalue weighted by molar-refractivity contribution is -0.121. The van der Waals surface area contributed by atoms with E-state index in [0.717, 1.165) is 18.4 Å². The van der Waals surface area contributed by atoms with Crippen LogP contribution in [0.1, 0.15) is 51.5 Å². The minimum atomic E-state index is -0.951. The molecule has 0 bridgehead atoms. The smallest absolute Gasteiger partial charge is 0.227 e. The fourth-order valence-corrected chi connectivity index (χ4v) is 2.48. The molecule has 0 unspecified atom stereocenters. The zero-order valence-electron chi connectivity index (χ0n) is 12.6. The van der Waals surface area contributed by atoms with Gasteiger partial charge in [0.25, 0.3) is 0 Å². The van der Waals surface area contributed by atoms with Crippen molar-refractivity contribution >= 4 is 11.6 Å². The second-order valence-corrected chi connectivity index (χ2v) is 5.47. The first-order chi connectivity index (χ1) is 9.40. The molecular weight excluding hydrogens is 254 g/mol. The Morgan fingerprint density at radius 3 is 2.40 bits per heavy atom. The highest BCUT2D eigenvalue weighted by atomic mass is 16.3. The van der Waals surface area contributed by atoms with Gasteiger partial charge in [-0.3, -0.25) is 4.79 Å². The van der Waals surface area contributed by atoms with Crippen LogP contribution in [0.15, 0.2) is 18.2 Å². The van der Waals surface area contributed by atoms with E-state index in [4.69, 9.17) is 0 Å². The first-order valence-electron chi connectivity index (χ1n) is 7.22. The Labute approximate surface area is 120 Å². The molecule has 112 valence electrons. The van der Waals surface area contributed by atoms with Crippen LogP contribution in [0.5, 0.6) is 5.75 Å². The SMILES string of the molecule is CCCC(O)(CCC)CC(=O)Nc1cc(C)ccc1O. The normalized spacial score (nSPS) is 11.4. The van der Waals surface area contributed by atoms with Gasteiger partial charge in [0.1, 0.15) is 5.75 Å². The Morgan fingerprint density at radius 1 is 1.25 bits per heavy atom. The molecule has 1 aromatic carbocycles. The van der Waals surface area contributed by atoms with Gasteiger partial charge in [0.15, 0.2) is 0 Å². The number of nitrogens with one attached hydrogen (secondary N) is 1. The fraction of sp³-hybridized carbons (Fsp3) is 0.562. The Hall–Kier alpha value is -1.55. The van der Waals surface area contributed by atoms with E-state index in [1.165, 1.54) is 0 Å². The number of hydrogen-bond donors (Lipinski definition) is 3. The van der Waals surface area contributed by atoms with Crippen molar-refractivity contribution in [2.24, 2.45) is 0 Å². The summed E-state index contributed by atoms with van der Waals surface area (Å²) in [7, 11) is 0. The van der Waals surface area contributed by atoms with E-state index in [1.54, 1.807) is 18.2 Å². The number of carbonyl (C=O) groups excluding carboxylic acids is 1. The molecule has 4 nitrogen and oxygen atoms in total. The van der Waals surface area contributed by atoms with Gasteiger partial charge in [-0.25, -0.2) is 0 Å². The summed E-state index contributed by atoms with van der Waals surface area (Å²) in [6.45, 7) is 5.87. The predicted octanol–water partition coefficient (Wildman–Crippen LogP) is 3.36. The molecule has 0 spiro atoms. The van der Waals surface area contributed by atoms with Crippen LogP contribution < -0.4 is 5.32 Å². The number of phenolic OH excluding ortho intramolecular Hbond substituents is 1. The number of carbonyl (C=O) groups is 1. The van der Waals surface area contributed by atoms with Gasteiger partial charge in [-0.2, -0.15) is 0 Å². The average Bonchev–Trinajstić information content (AvgIpc) is 2.34. The van der Waals surface area contributed by atoms with Crippen LogP contribution in [-0.4, -0.2) is 21.7 Å². The number of benzene rings is 1. The van der Waals surface area contributed by atoms with E-state index in [2.05, 4.69) is 5.32 Å². The van der Waals surface area contributed by atoms with Gasteiger partial charge < -0.3 is 15.5 Å². The van der Waals surface area contributed by atoms with E-state index < -0.39 is 5.60 Å². The van der Waals surface area contributed by atoms with Crippen molar-refractivity contribution in [1.82, 2.24) is 0 Å². The predicted molar refractivity (Wildman–Crippen MR) is 80.9 cm³/mol. The first-order valence-corrected chi connectivity index (χ1v) is 7.22. The molecule has 0 aliphatic carbocycles. The summed E-state index contributed by atoms with van der Waals surface area (Å²) in [4.78, 5) is 12.1. The molecule has 0 heterocycles. The highest BCUT2D eigenvalue weighted by Gasteiger charge is 2.28. The van der Waals surface area contributed by atoms with Crippen molar-refractivity contribution in [1.29, 1.82) is 0 Å². The van der Waals surface area contributed by atoms with Crippen LogP contribution in [0.4, 0.5) is 5.69 Å². The summed E-state index contributed by atoms with van der Waals surface area (Å²) in [5.74, 6) is -0.228. The molecule has 1 rings (SSSR count). The second kappa shape index (κ2) is 7.29. The lowest BCUT2D eigenvalue weighted by Crippen LogP contribution is -2.33. The topological polar surface area (TPSA) is 69.6 Å². The molecule has 0 atom stereocenters. The molecule has 0 aliphatic rings. The lowest BCUT2D eigenvalue weighted by Gasteiger charge is -2.26. The summed E-state index contributed by atoms with van der Waals surface area (Å²) in [6.07, 6.45) is 2.93. The van der Waals surface area contributed by atoms with Gasteiger partial charge in [-0.15, -0.1) is 0 Å². The van der Waals surface area contributed by atoms with Crippen molar-refractivity contribution in [2.75, 3.05) is 5.32 Å². The number of aliphatic hydroxyl groups is 1. The molecule has 4 heteroatoms. The highest BCUT2D eigenvalue weighted by molar-refractivity contribution is 5.92. The van der Waals surface area contributed by atoms with Crippen molar-refractivity contribution in [2.45, 2.75) is 58.5 Å². The van der Waals surface area contributed by atoms with Crippen LogP contribution in [0.25, 0.3) is 0 Å². The molecule has 0 saturated heterocycles. The van der Waals surface area contributed by atoms with E-state index in [9.17, 15) is 15.0 Å². The summed E-state index contributed by atoms with van der Waals surface area (Å²) in [5.41, 5.74) is 0.397. The average molecular weight is 279 g/mol. The van der Waals surface area contributed by atoms with Crippen molar-refractivity contribution in [3.05, 3.63) is 23.8 Å². The molecule has 1 aromatic rings. The largest absolute Gasteiger partial charge is 0.506 e. The third-order valence-electron chi connectivity index (χ3n) is 3.35. The van der Waals surface area contributed by atoms with Gasteiger partial charge >= 0.3 is 0 Å². The van der Waals surface area contributed by atoms with E-state index in [1.807, 2.05) is 20.8 Å². The van der Waals surface area contributed by atoms with Crippen LogP contribution in [0, 0.1) is 6.92 Å². The number of rotatable bonds is 7. The van der Waals surface area contributed by atoms with Gasteiger partial charge in [0.2, 0.25) is 5.91 Å². The van der Waals surface area contributed by atoms with Gasteiger partial charge in [0.05, 0.1) is 17.7 Å². The van der Waals surface area contributed by atoms with Gasteiger partial charge in [-0.05, 0) is 37.5 Å². The van der Waals surface area contributed by atoms with Crippen molar-refractivity contribution in [3.63, 3.8) is 0 Å². The summed E-state index contributed by atoms with van der Waals surface area (Å²) in [5, 5.41) is 22.8. The molecule has 0 aromatic heterocycles. The minimum absolute atomic E-state index is 0.0403. The molecule has 0 fully saturated rings. The molecule has 1 amide bonds. The summed E-state index contributed by atoms with van der Waals surface area (Å²) in [6, 6.07) is 5.04. The third kappa shape index (κ3) is 4.85. The van der Waals surface area contributed by atoms with Crippen LogP contribution in [0.3, 0.4) is 0 Å². The molecule has 3 N–H and O–H groups in total. The maximum atomic E-state index is 12.1. The fourth-order valence-electron chi connectivity index (χ4n) is 2.48. The van der Waals surface area contributed by atoms with E-state index in [-0.39, 0.29) is 18.1 Å². The first kappa shape index (κ1) is 16.5. The monoisotopic (exact) mass is 279 g/mol. The molecule has 0 radical (unpaired) electrons. The number of aromatic hydroxyl groups is 1. The number of phenols is 1. The van der Waals surface area contributed by atoms with Crippen LogP contribution in [0.2, 0.25) is 0 Å². The Morgan fingerprint density at radius 2 is 1.85 bits per heavy atom. The molecular formula is C16H25NO3. The second-order valence-electron chi connectivity index (χ2n) is 5.47. The lowest BCUT2D eigenvalue weighted by atomic mass is 9.89. The van der Waals surface area contributed by atoms with E-state index >= 15 is 0 Å². The Kier molecular flexibility index (Phi) is 6.02. The third-order valence-corrected chi connectivity index (χ3v) is 3.35. The molecule has 0 aliphatic heterocycles. The Bertz CT molecular complexity index is 451. The van der Waals surface area contributed by atoms with Crippen molar-refractivity contribution < 1.29 is 15.0 Å². The number of amides is 1. The van der Waals surface area contributed by atoms with Gasteiger partial charge in [-0.1, -0.05) is 32.8 Å². The van der Waals surface area contributed by atoms with Crippen molar-refractivity contribution in [3.8, 4) is 5.75 Å². The van der Waals surface area contributed by atoms with Gasteiger partial charge in [0, 0.05) is 0 Å². The highest BCUT2D eigenvalue weighted by Crippen LogP contribution is 2.27. The van der Waals surface area contributed by atoms with Crippen LogP contribution in [-0.2, 0) is 4.79 Å². The summed E-state index contributed by atoms with van der Waals surface area (Å²) >= 11 is 0. The number of anilines is 1. The maximum absolute atomic E-state index is 12.1. The molecule has 0 saturated carbocycles. The zero-order valence-corrected chi connectivity index (χ0v) is 12.6. The number of hydrogen-bond acceptors (Lipinski definition) is 3. The standard InChI is InChI=1S/C16H25NO3/c1-4-8-16(20,9-5-2)11-15(19)17-13-10-12(3)6-7-14(13)18/h6-7,10,18,20H,4-5,8-9,11H2,1-3H3,(H,17,19). The van der Waals surface area contributed by atoms with E-state index in [0.29, 0.717) is 18.5 Å². The molecule has 20 heavy (non-hydrogen) atoms.